The van der Waals surface area contributed by atoms with Gasteiger partial charge in [-0.25, -0.2) is 0 Å². The van der Waals surface area contributed by atoms with Crippen molar-refractivity contribution in [3.63, 3.8) is 0 Å². The van der Waals surface area contributed by atoms with Crippen LogP contribution in [0.25, 0.3) is 0 Å². The highest BCUT2D eigenvalue weighted by molar-refractivity contribution is 7.87. The third-order valence-electron chi connectivity index (χ3n) is 1.47. The Bertz CT molecular complexity index is 268. The van der Waals surface area contributed by atoms with Gasteiger partial charge >= 0.3 is 16.1 Å². The molecule has 5 nitrogen and oxygen atoms in total. The van der Waals surface area contributed by atoms with Crippen LogP contribution in [0.2, 0.25) is 0 Å². The van der Waals surface area contributed by atoms with Crippen LogP contribution >= 0.6 is 0 Å². The van der Waals surface area contributed by atoms with Crippen LogP contribution in [-0.4, -0.2) is 26.4 Å². The van der Waals surface area contributed by atoms with Gasteiger partial charge in [0.05, 0.1) is 6.61 Å². The second kappa shape index (κ2) is 3.40. The van der Waals surface area contributed by atoms with Gasteiger partial charge in [-0.2, -0.15) is 8.42 Å². The Kier molecular flexibility index (Phi) is 2.69. The highest BCUT2D eigenvalue weighted by Gasteiger charge is 2.35. The third kappa shape index (κ3) is 1.95. The van der Waals surface area contributed by atoms with E-state index in [2.05, 4.69) is 8.92 Å². The molecule has 1 fully saturated rings. The van der Waals surface area contributed by atoms with Crippen molar-refractivity contribution in [2.45, 2.75) is 25.2 Å². The molecule has 1 atom stereocenters. The molecule has 1 unspecified atom stereocenters. The minimum atomic E-state index is -3.64. The second-order valence-corrected chi connectivity index (χ2v) is 4.12. The SMILES string of the molecule is CCC(=O)OC1CCOS1(=O)=O. The van der Waals surface area contributed by atoms with Gasteiger partial charge in [-0.15, -0.1) is 0 Å². The maximum atomic E-state index is 10.9. The Labute approximate surface area is 70.8 Å². The van der Waals surface area contributed by atoms with E-state index in [1.54, 1.807) is 6.92 Å². The van der Waals surface area contributed by atoms with Crippen LogP contribution in [0.3, 0.4) is 0 Å². The van der Waals surface area contributed by atoms with Crippen LogP contribution in [0, 0.1) is 0 Å². The van der Waals surface area contributed by atoms with Crippen molar-refractivity contribution in [2.24, 2.45) is 0 Å². The van der Waals surface area contributed by atoms with Crippen LogP contribution in [0.5, 0.6) is 0 Å². The zero-order chi connectivity index (χ0) is 9.19. The van der Waals surface area contributed by atoms with Gasteiger partial charge in [0.15, 0.2) is 0 Å². The summed E-state index contributed by atoms with van der Waals surface area (Å²) >= 11 is 0. The zero-order valence-corrected chi connectivity index (χ0v) is 7.46. The van der Waals surface area contributed by atoms with E-state index < -0.39 is 21.5 Å². The fourth-order valence-corrected chi connectivity index (χ4v) is 1.92. The largest absolute Gasteiger partial charge is 0.443 e. The number of hydrogen-bond acceptors (Lipinski definition) is 5. The van der Waals surface area contributed by atoms with Gasteiger partial charge in [0, 0.05) is 12.8 Å². The molecule has 0 saturated carbocycles. The first-order valence-corrected chi connectivity index (χ1v) is 5.11. The van der Waals surface area contributed by atoms with Crippen LogP contribution in [0.4, 0.5) is 0 Å². The molecule has 0 N–H and O–H groups in total. The number of esters is 1. The van der Waals surface area contributed by atoms with E-state index in [4.69, 9.17) is 0 Å². The molecule has 0 spiro atoms. The van der Waals surface area contributed by atoms with Gasteiger partial charge in [-0.1, -0.05) is 6.92 Å². The minimum absolute atomic E-state index is 0.101. The van der Waals surface area contributed by atoms with Crippen molar-refractivity contribution in [1.29, 1.82) is 0 Å². The number of rotatable bonds is 2. The molecule has 0 aliphatic carbocycles. The third-order valence-corrected chi connectivity index (χ3v) is 2.95. The van der Waals surface area contributed by atoms with Gasteiger partial charge in [0.2, 0.25) is 5.44 Å². The predicted molar refractivity (Wildman–Crippen MR) is 39.7 cm³/mol. The Morgan fingerprint density at radius 1 is 1.67 bits per heavy atom. The van der Waals surface area contributed by atoms with Crippen LogP contribution < -0.4 is 0 Å². The lowest BCUT2D eigenvalue weighted by Crippen LogP contribution is -2.22. The molecule has 1 heterocycles. The average molecular weight is 194 g/mol. The molecule has 70 valence electrons. The summed E-state index contributed by atoms with van der Waals surface area (Å²) in [5.74, 6) is -0.519. The Morgan fingerprint density at radius 2 is 2.33 bits per heavy atom. The Morgan fingerprint density at radius 3 is 2.75 bits per heavy atom. The molecule has 1 aliphatic heterocycles. The zero-order valence-electron chi connectivity index (χ0n) is 6.65. The van der Waals surface area contributed by atoms with Crippen LogP contribution in [0.15, 0.2) is 0 Å². The predicted octanol–water partition coefficient (Wildman–Crippen LogP) is 0.0158. The maximum Gasteiger partial charge on any atom is 0.306 e. The first kappa shape index (κ1) is 9.47. The van der Waals surface area contributed by atoms with E-state index in [9.17, 15) is 13.2 Å². The van der Waals surface area contributed by atoms with Gasteiger partial charge < -0.3 is 4.74 Å². The van der Waals surface area contributed by atoms with E-state index in [1.807, 2.05) is 0 Å². The normalized spacial score (nSPS) is 26.9. The lowest BCUT2D eigenvalue weighted by Gasteiger charge is -2.07. The van der Waals surface area contributed by atoms with Gasteiger partial charge in [-0.3, -0.25) is 8.98 Å². The summed E-state index contributed by atoms with van der Waals surface area (Å²) in [5, 5.41) is 0. The Hall–Kier alpha value is -0.620. The molecule has 12 heavy (non-hydrogen) atoms. The molecule has 1 aliphatic rings. The average Bonchev–Trinajstić information content (AvgIpc) is 2.31. The molecule has 0 aromatic carbocycles. The monoisotopic (exact) mass is 194 g/mol. The van der Waals surface area contributed by atoms with Crippen molar-refractivity contribution >= 4 is 16.1 Å². The van der Waals surface area contributed by atoms with Gasteiger partial charge in [-0.05, 0) is 0 Å². The summed E-state index contributed by atoms with van der Waals surface area (Å²) in [5.41, 5.74) is -1.09. The topological polar surface area (TPSA) is 69.7 Å². The highest BCUT2D eigenvalue weighted by atomic mass is 32.2. The summed E-state index contributed by atoms with van der Waals surface area (Å²) in [6.07, 6.45) is 0.403. The van der Waals surface area contributed by atoms with Crippen molar-refractivity contribution < 1.29 is 22.1 Å². The second-order valence-electron chi connectivity index (χ2n) is 2.38. The van der Waals surface area contributed by atoms with Crippen molar-refractivity contribution in [3.8, 4) is 0 Å². The molecule has 0 aromatic rings. The summed E-state index contributed by atoms with van der Waals surface area (Å²) < 4.78 is 30.8. The molecule has 1 rings (SSSR count). The first-order chi connectivity index (χ1) is 5.56. The smallest absolute Gasteiger partial charge is 0.306 e. The van der Waals surface area contributed by atoms with E-state index in [1.165, 1.54) is 0 Å². The minimum Gasteiger partial charge on any atom is -0.443 e. The number of carbonyl (C=O) groups is 1. The number of ether oxygens (including phenoxy) is 1. The number of hydrogen-bond donors (Lipinski definition) is 0. The maximum absolute atomic E-state index is 10.9. The van der Waals surface area contributed by atoms with Crippen molar-refractivity contribution in [3.05, 3.63) is 0 Å². The highest BCUT2D eigenvalue weighted by Crippen LogP contribution is 2.18. The molecule has 0 amide bonds. The molecular weight excluding hydrogens is 184 g/mol. The standard InChI is InChI=1S/C6H10O5S/c1-2-5(7)11-6-3-4-10-12(6,8)9/h6H,2-4H2,1H3. The van der Waals surface area contributed by atoms with Gasteiger partial charge in [0.25, 0.3) is 0 Å². The lowest BCUT2D eigenvalue weighted by molar-refractivity contribution is -0.144. The van der Waals surface area contributed by atoms with Crippen molar-refractivity contribution in [2.75, 3.05) is 6.61 Å². The van der Waals surface area contributed by atoms with E-state index in [0.717, 1.165) is 0 Å². The molecule has 6 heteroatoms. The lowest BCUT2D eigenvalue weighted by atomic mass is 10.4. The summed E-state index contributed by atoms with van der Waals surface area (Å²) in [7, 11) is -3.64. The fraction of sp³-hybridized carbons (Fsp3) is 0.833. The van der Waals surface area contributed by atoms with Crippen LogP contribution in [0.1, 0.15) is 19.8 Å². The van der Waals surface area contributed by atoms with Crippen molar-refractivity contribution in [1.82, 2.24) is 0 Å². The fourth-order valence-electron chi connectivity index (χ4n) is 0.829. The van der Waals surface area contributed by atoms with E-state index in [-0.39, 0.29) is 19.4 Å². The van der Waals surface area contributed by atoms with E-state index >= 15 is 0 Å². The summed E-state index contributed by atoms with van der Waals surface area (Å²) in [6, 6.07) is 0. The molecule has 0 bridgehead atoms. The molecule has 0 radical (unpaired) electrons. The van der Waals surface area contributed by atoms with Gasteiger partial charge in [0.1, 0.15) is 0 Å². The summed E-state index contributed by atoms with van der Waals surface area (Å²) in [6.45, 7) is 1.70. The molecule has 0 aromatic heterocycles. The molecular formula is C6H10O5S. The quantitative estimate of drug-likeness (QED) is 0.457. The summed E-state index contributed by atoms with van der Waals surface area (Å²) in [4.78, 5) is 10.7. The van der Waals surface area contributed by atoms with Crippen LogP contribution in [-0.2, 0) is 23.8 Å². The van der Waals surface area contributed by atoms with E-state index in [0.29, 0.717) is 0 Å². The Balaban J connectivity index is 2.59. The molecule has 1 saturated heterocycles. The number of carbonyl (C=O) groups excluding carboxylic acids is 1. The first-order valence-electron chi connectivity index (χ1n) is 3.64.